The average molecular weight is 404 g/mol. The van der Waals surface area contributed by atoms with E-state index in [0.29, 0.717) is 28.3 Å². The molecule has 0 aromatic heterocycles. The quantitative estimate of drug-likeness (QED) is 0.341. The van der Waals surface area contributed by atoms with Crippen molar-refractivity contribution in [2.45, 2.75) is 26.8 Å². The average Bonchev–Trinajstić information content (AvgIpc) is 2.70. The third kappa shape index (κ3) is 5.47. The first-order valence-corrected chi connectivity index (χ1v) is 8.93. The lowest BCUT2D eigenvalue weighted by Gasteiger charge is -2.28. The number of nitrogens with zero attached hydrogens (tertiary/aromatic N) is 1. The number of carbonyl (C=O) groups is 3. The molecule has 0 bridgehead atoms. The molecule has 0 unspecified atom stereocenters. The monoisotopic (exact) mass is 404 g/mol. The van der Waals surface area contributed by atoms with Gasteiger partial charge in [-0.1, -0.05) is 6.07 Å². The minimum absolute atomic E-state index is 0.205. The molecule has 1 aliphatic rings. The number of ether oxygens (including phenoxy) is 3. The van der Waals surface area contributed by atoms with Crippen molar-refractivity contribution < 1.29 is 28.6 Å². The van der Waals surface area contributed by atoms with E-state index in [9.17, 15) is 14.4 Å². The molecule has 1 heterocycles. The van der Waals surface area contributed by atoms with Crippen LogP contribution in [-0.4, -0.2) is 44.4 Å². The van der Waals surface area contributed by atoms with Crippen LogP contribution in [0, 0.1) is 0 Å². The van der Waals surface area contributed by atoms with Crippen LogP contribution in [0.5, 0.6) is 11.5 Å². The molecule has 0 radical (unpaired) electrons. The predicted molar refractivity (Wildman–Crippen MR) is 105 cm³/mol. The van der Waals surface area contributed by atoms with Gasteiger partial charge >= 0.3 is 12.0 Å². The molecule has 3 amide bonds. The number of amides is 3. The minimum Gasteiger partial charge on any atom is -0.493 e. The van der Waals surface area contributed by atoms with Crippen LogP contribution in [0.25, 0.3) is 0 Å². The lowest BCUT2D eigenvalue weighted by atomic mass is 9.95. The van der Waals surface area contributed by atoms with Gasteiger partial charge in [0.25, 0.3) is 5.91 Å². The fraction of sp³-hybridized carbons (Fsp3) is 0.368. The summed E-state index contributed by atoms with van der Waals surface area (Å²) >= 11 is 0. The maximum Gasteiger partial charge on any atom is 0.338 e. The number of carbonyl (C=O) groups excluding carboxylic acids is 3. The highest BCUT2D eigenvalue weighted by Crippen LogP contribution is 2.34. The summed E-state index contributed by atoms with van der Waals surface area (Å²) in [6.45, 7) is 4.95. The fourth-order valence-corrected chi connectivity index (χ4v) is 2.72. The summed E-state index contributed by atoms with van der Waals surface area (Å²) in [5.74, 6) is -0.300. The summed E-state index contributed by atoms with van der Waals surface area (Å²) in [5.41, 5.74) is 3.58. The number of methoxy groups -OCH3 is 1. The first-order valence-electron chi connectivity index (χ1n) is 8.93. The van der Waals surface area contributed by atoms with Crippen LogP contribution in [0.4, 0.5) is 4.79 Å². The summed E-state index contributed by atoms with van der Waals surface area (Å²) in [4.78, 5) is 36.0. The zero-order chi connectivity index (χ0) is 21.4. The molecule has 3 N–H and O–H groups in total. The van der Waals surface area contributed by atoms with E-state index in [1.165, 1.54) is 13.3 Å². The Hall–Kier alpha value is -3.56. The van der Waals surface area contributed by atoms with Gasteiger partial charge in [0.2, 0.25) is 0 Å². The number of allylic oxidation sites excluding steroid dienone is 1. The predicted octanol–water partition coefficient (Wildman–Crippen LogP) is 1.39. The number of urea groups is 1. The Bertz CT molecular complexity index is 849. The highest BCUT2D eigenvalue weighted by atomic mass is 16.5. The molecule has 0 aliphatic carbocycles. The van der Waals surface area contributed by atoms with Gasteiger partial charge in [0.1, 0.15) is 0 Å². The van der Waals surface area contributed by atoms with Crippen LogP contribution in [-0.2, 0) is 14.3 Å². The molecule has 1 aromatic carbocycles. The number of hydrogen-bond donors (Lipinski definition) is 3. The van der Waals surface area contributed by atoms with Gasteiger partial charge in [-0.25, -0.2) is 15.0 Å². The van der Waals surface area contributed by atoms with Crippen molar-refractivity contribution in [3.8, 4) is 11.5 Å². The van der Waals surface area contributed by atoms with E-state index in [1.807, 2.05) is 0 Å². The molecule has 0 saturated heterocycles. The molecule has 29 heavy (non-hydrogen) atoms. The van der Waals surface area contributed by atoms with E-state index in [1.54, 1.807) is 39.0 Å². The van der Waals surface area contributed by atoms with E-state index in [4.69, 9.17) is 14.2 Å². The SMILES string of the molecule is C/C=N\NC(=O)COc1ccc([C@H]2NC(=O)NC(C)=C2C(=O)OCC)cc1OC. The highest BCUT2D eigenvalue weighted by Gasteiger charge is 2.32. The largest absolute Gasteiger partial charge is 0.493 e. The minimum atomic E-state index is -0.729. The van der Waals surface area contributed by atoms with Gasteiger partial charge in [0.05, 0.1) is 25.3 Å². The van der Waals surface area contributed by atoms with Crippen molar-refractivity contribution in [3.05, 3.63) is 35.0 Å². The van der Waals surface area contributed by atoms with E-state index < -0.39 is 23.9 Å². The summed E-state index contributed by atoms with van der Waals surface area (Å²) in [7, 11) is 1.45. The first kappa shape index (κ1) is 21.7. The van der Waals surface area contributed by atoms with E-state index in [0.717, 1.165) is 0 Å². The van der Waals surface area contributed by atoms with Crippen molar-refractivity contribution in [2.75, 3.05) is 20.3 Å². The van der Waals surface area contributed by atoms with E-state index >= 15 is 0 Å². The molecule has 10 nitrogen and oxygen atoms in total. The Kier molecular flexibility index (Phi) is 7.58. The van der Waals surface area contributed by atoms with Gasteiger partial charge in [-0.3, -0.25) is 4.79 Å². The van der Waals surface area contributed by atoms with E-state index in [-0.39, 0.29) is 13.2 Å². The maximum absolute atomic E-state index is 12.4. The van der Waals surface area contributed by atoms with Crippen molar-refractivity contribution in [1.29, 1.82) is 0 Å². The standard InChI is InChI=1S/C19H24N4O6/c1-5-20-23-15(24)10-29-13-8-7-12(9-14(13)27-4)17-16(18(25)28-6-2)11(3)21-19(26)22-17/h5,7-9,17H,6,10H2,1-4H3,(H,23,24)(H2,21,22,26)/b20-5-/t17-/m1/s1. The van der Waals surface area contributed by atoms with Gasteiger partial charge in [-0.05, 0) is 38.5 Å². The highest BCUT2D eigenvalue weighted by molar-refractivity contribution is 5.95. The number of hydrazone groups is 1. The molecular formula is C19H24N4O6. The Morgan fingerprint density at radius 2 is 2.07 bits per heavy atom. The molecule has 10 heteroatoms. The second kappa shape index (κ2) is 10.1. The Balaban J connectivity index is 2.29. The number of esters is 1. The zero-order valence-corrected chi connectivity index (χ0v) is 16.7. The molecule has 0 saturated carbocycles. The third-order valence-electron chi connectivity index (χ3n) is 3.96. The summed E-state index contributed by atoms with van der Waals surface area (Å²) in [5, 5.41) is 8.91. The summed E-state index contributed by atoms with van der Waals surface area (Å²) in [6, 6.07) is 3.72. The van der Waals surface area contributed by atoms with Crippen LogP contribution < -0.4 is 25.5 Å². The van der Waals surface area contributed by atoms with E-state index in [2.05, 4.69) is 21.2 Å². The normalized spacial score (nSPS) is 16.1. The Morgan fingerprint density at radius 3 is 2.72 bits per heavy atom. The van der Waals surface area contributed by atoms with Gasteiger partial charge < -0.3 is 24.8 Å². The van der Waals surface area contributed by atoms with Crippen LogP contribution in [0.1, 0.15) is 32.4 Å². The second-order valence-corrected chi connectivity index (χ2v) is 5.91. The van der Waals surface area contributed by atoms with Crippen LogP contribution in [0.15, 0.2) is 34.6 Å². The number of benzene rings is 1. The Labute approximate surface area is 168 Å². The molecule has 0 fully saturated rings. The smallest absolute Gasteiger partial charge is 0.338 e. The number of hydrogen-bond acceptors (Lipinski definition) is 7. The zero-order valence-electron chi connectivity index (χ0n) is 16.7. The van der Waals surface area contributed by atoms with Crippen molar-refractivity contribution in [2.24, 2.45) is 5.10 Å². The van der Waals surface area contributed by atoms with Gasteiger partial charge in [0, 0.05) is 11.9 Å². The van der Waals surface area contributed by atoms with Gasteiger partial charge in [-0.15, -0.1) is 0 Å². The number of rotatable bonds is 8. The topological polar surface area (TPSA) is 127 Å². The Morgan fingerprint density at radius 1 is 1.31 bits per heavy atom. The molecule has 1 aromatic rings. The molecular weight excluding hydrogens is 380 g/mol. The van der Waals surface area contributed by atoms with Gasteiger partial charge in [0.15, 0.2) is 18.1 Å². The fourth-order valence-electron chi connectivity index (χ4n) is 2.72. The lowest BCUT2D eigenvalue weighted by molar-refractivity contribution is -0.139. The van der Waals surface area contributed by atoms with Crippen molar-refractivity contribution in [1.82, 2.24) is 16.1 Å². The maximum atomic E-state index is 12.4. The summed E-state index contributed by atoms with van der Waals surface area (Å²) in [6.07, 6.45) is 1.44. The van der Waals surface area contributed by atoms with Crippen LogP contribution in [0.2, 0.25) is 0 Å². The molecule has 2 rings (SSSR count). The lowest BCUT2D eigenvalue weighted by Crippen LogP contribution is -2.45. The molecule has 1 aliphatic heterocycles. The van der Waals surface area contributed by atoms with Crippen molar-refractivity contribution in [3.63, 3.8) is 0 Å². The van der Waals surface area contributed by atoms with Gasteiger partial charge in [-0.2, -0.15) is 5.10 Å². The molecule has 1 atom stereocenters. The second-order valence-electron chi connectivity index (χ2n) is 5.91. The number of nitrogens with one attached hydrogen (secondary N) is 3. The first-order chi connectivity index (χ1) is 13.9. The third-order valence-corrected chi connectivity index (χ3v) is 3.96. The summed E-state index contributed by atoms with van der Waals surface area (Å²) < 4.78 is 15.9. The molecule has 156 valence electrons. The van der Waals surface area contributed by atoms with Crippen LogP contribution >= 0.6 is 0 Å². The van der Waals surface area contributed by atoms with Crippen LogP contribution in [0.3, 0.4) is 0 Å². The molecule has 0 spiro atoms. The van der Waals surface area contributed by atoms with Crippen molar-refractivity contribution >= 4 is 24.1 Å².